The Labute approximate surface area is 138 Å². The molecule has 0 atom stereocenters. The van der Waals surface area contributed by atoms with E-state index in [0.717, 1.165) is 24.0 Å². The smallest absolute Gasteiger partial charge is 0.314 e. The number of allylic oxidation sites excluding steroid dienone is 1. The van der Waals surface area contributed by atoms with E-state index >= 15 is 0 Å². The number of ether oxygens (including phenoxy) is 2. The Morgan fingerprint density at radius 3 is 2.75 bits per heavy atom. The second kappa shape index (κ2) is 5.60. The number of pyridine rings is 1. The lowest BCUT2D eigenvalue weighted by Gasteiger charge is -2.07. The summed E-state index contributed by atoms with van der Waals surface area (Å²) in [6.07, 6.45) is 6.76. The number of esters is 1. The van der Waals surface area contributed by atoms with Crippen molar-refractivity contribution in [3.63, 3.8) is 0 Å². The van der Waals surface area contributed by atoms with E-state index in [0.29, 0.717) is 17.1 Å². The van der Waals surface area contributed by atoms with Gasteiger partial charge in [0.1, 0.15) is 11.5 Å². The van der Waals surface area contributed by atoms with E-state index in [1.807, 2.05) is 6.92 Å². The summed E-state index contributed by atoms with van der Waals surface area (Å²) in [5.41, 5.74) is 2.08. The molecule has 1 fully saturated rings. The summed E-state index contributed by atoms with van der Waals surface area (Å²) in [7, 11) is 0. The molecule has 0 spiro atoms. The topological polar surface area (TPSA) is 65.5 Å². The summed E-state index contributed by atoms with van der Waals surface area (Å²) in [5.74, 6) is 0.735. The zero-order valence-electron chi connectivity index (χ0n) is 13.1. The van der Waals surface area contributed by atoms with Gasteiger partial charge in [0, 0.05) is 18.5 Å². The van der Waals surface area contributed by atoms with Crippen molar-refractivity contribution in [2.45, 2.75) is 19.8 Å². The molecular weight excluding hydrogens is 306 g/mol. The highest BCUT2D eigenvalue weighted by molar-refractivity contribution is 6.15. The molecule has 0 saturated heterocycles. The van der Waals surface area contributed by atoms with Crippen LogP contribution in [0.15, 0.2) is 42.4 Å². The van der Waals surface area contributed by atoms with Crippen LogP contribution < -0.4 is 9.47 Å². The second-order valence-corrected chi connectivity index (χ2v) is 6.03. The van der Waals surface area contributed by atoms with Crippen molar-refractivity contribution in [2.75, 3.05) is 0 Å². The van der Waals surface area contributed by atoms with Gasteiger partial charge in [-0.2, -0.15) is 0 Å². The summed E-state index contributed by atoms with van der Waals surface area (Å²) in [6, 6.07) is 6.90. The number of rotatable bonds is 3. The third-order valence-corrected chi connectivity index (χ3v) is 4.08. The molecule has 5 nitrogen and oxygen atoms in total. The number of fused-ring (bicyclic) bond motifs is 1. The third-order valence-electron chi connectivity index (χ3n) is 4.08. The molecule has 5 heteroatoms. The van der Waals surface area contributed by atoms with Crippen molar-refractivity contribution in [3.05, 3.63) is 59.1 Å². The maximum atomic E-state index is 12.6. The van der Waals surface area contributed by atoms with Crippen LogP contribution in [0.25, 0.3) is 6.08 Å². The molecule has 1 aliphatic carbocycles. The van der Waals surface area contributed by atoms with Gasteiger partial charge in [-0.3, -0.25) is 14.6 Å². The van der Waals surface area contributed by atoms with Crippen molar-refractivity contribution in [1.29, 1.82) is 0 Å². The Morgan fingerprint density at radius 2 is 2.04 bits per heavy atom. The number of Topliss-reactive ketones (excluding diaryl/α,β-unsaturated/α-hetero) is 1. The highest BCUT2D eigenvalue weighted by Crippen LogP contribution is 2.38. The van der Waals surface area contributed by atoms with E-state index in [-0.39, 0.29) is 23.4 Å². The fourth-order valence-corrected chi connectivity index (χ4v) is 2.67. The molecule has 1 aromatic carbocycles. The lowest BCUT2D eigenvalue weighted by Crippen LogP contribution is -2.10. The molecule has 0 bridgehead atoms. The second-order valence-electron chi connectivity index (χ2n) is 6.03. The SMILES string of the molecule is Cc1cc(OC(=O)C2CC2)cc2c1C(=O)C(=Cc1ccncc1)O2. The van der Waals surface area contributed by atoms with E-state index in [4.69, 9.17) is 9.47 Å². The Bertz CT molecular complexity index is 866. The van der Waals surface area contributed by atoms with Crippen LogP contribution in [-0.2, 0) is 4.79 Å². The molecule has 4 rings (SSSR count). The van der Waals surface area contributed by atoms with Gasteiger partial charge in [0.05, 0.1) is 11.5 Å². The van der Waals surface area contributed by atoms with Crippen LogP contribution in [0.2, 0.25) is 0 Å². The van der Waals surface area contributed by atoms with Gasteiger partial charge in [-0.1, -0.05) is 0 Å². The molecule has 1 saturated carbocycles. The summed E-state index contributed by atoms with van der Waals surface area (Å²) >= 11 is 0. The van der Waals surface area contributed by atoms with Gasteiger partial charge in [-0.25, -0.2) is 0 Å². The quantitative estimate of drug-likeness (QED) is 0.493. The van der Waals surface area contributed by atoms with Crippen LogP contribution in [-0.4, -0.2) is 16.7 Å². The lowest BCUT2D eigenvalue weighted by molar-refractivity contribution is -0.135. The van der Waals surface area contributed by atoms with Crippen LogP contribution in [0.3, 0.4) is 0 Å². The zero-order chi connectivity index (χ0) is 16.7. The number of benzene rings is 1. The van der Waals surface area contributed by atoms with Gasteiger partial charge in [0.15, 0.2) is 5.76 Å². The highest BCUT2D eigenvalue weighted by atomic mass is 16.5. The monoisotopic (exact) mass is 321 g/mol. The Kier molecular flexibility index (Phi) is 3.41. The van der Waals surface area contributed by atoms with Crippen molar-refractivity contribution < 1.29 is 19.1 Å². The van der Waals surface area contributed by atoms with Crippen LogP contribution in [0.1, 0.15) is 34.3 Å². The number of carbonyl (C=O) groups is 2. The summed E-state index contributed by atoms with van der Waals surface area (Å²) < 4.78 is 11.1. The average Bonchev–Trinajstić information content (AvgIpc) is 3.35. The van der Waals surface area contributed by atoms with Crippen molar-refractivity contribution >= 4 is 17.8 Å². The van der Waals surface area contributed by atoms with Gasteiger partial charge >= 0.3 is 5.97 Å². The minimum atomic E-state index is -0.216. The average molecular weight is 321 g/mol. The number of carbonyl (C=O) groups excluding carboxylic acids is 2. The molecule has 2 heterocycles. The normalized spacial score (nSPS) is 17.5. The summed E-state index contributed by atoms with van der Waals surface area (Å²) in [4.78, 5) is 28.3. The Hall–Kier alpha value is -2.95. The van der Waals surface area contributed by atoms with Crippen molar-refractivity contribution in [2.24, 2.45) is 5.92 Å². The van der Waals surface area contributed by atoms with Gasteiger partial charge in [-0.15, -0.1) is 0 Å². The molecule has 2 aliphatic rings. The van der Waals surface area contributed by atoms with Crippen molar-refractivity contribution in [1.82, 2.24) is 4.98 Å². The summed E-state index contributed by atoms with van der Waals surface area (Å²) in [6.45, 7) is 1.81. The molecular formula is C19H15NO4. The molecule has 120 valence electrons. The molecule has 1 aliphatic heterocycles. The minimum absolute atomic E-state index is 0.0169. The predicted molar refractivity (Wildman–Crippen MR) is 86.7 cm³/mol. The Morgan fingerprint density at radius 1 is 1.29 bits per heavy atom. The molecule has 0 N–H and O–H groups in total. The minimum Gasteiger partial charge on any atom is -0.452 e. The number of hydrogen-bond donors (Lipinski definition) is 0. The van der Waals surface area contributed by atoms with Crippen LogP contribution >= 0.6 is 0 Å². The number of ketones is 1. The van der Waals surface area contributed by atoms with Gasteiger partial charge in [-0.05, 0) is 55.2 Å². The maximum Gasteiger partial charge on any atom is 0.314 e. The number of hydrogen-bond acceptors (Lipinski definition) is 5. The third kappa shape index (κ3) is 2.69. The molecule has 24 heavy (non-hydrogen) atoms. The fraction of sp³-hybridized carbons (Fsp3) is 0.211. The first-order valence-corrected chi connectivity index (χ1v) is 7.82. The number of aryl methyl sites for hydroxylation is 1. The maximum absolute atomic E-state index is 12.6. The number of nitrogens with zero attached hydrogens (tertiary/aromatic N) is 1. The van der Waals surface area contributed by atoms with Crippen molar-refractivity contribution in [3.8, 4) is 11.5 Å². The van der Waals surface area contributed by atoms with E-state index in [9.17, 15) is 9.59 Å². The fourth-order valence-electron chi connectivity index (χ4n) is 2.67. The molecule has 2 aromatic rings. The van der Waals surface area contributed by atoms with Gasteiger partial charge in [0.2, 0.25) is 5.78 Å². The predicted octanol–water partition coefficient (Wildman–Crippen LogP) is 3.32. The first-order valence-electron chi connectivity index (χ1n) is 7.82. The lowest BCUT2D eigenvalue weighted by atomic mass is 10.0. The Balaban J connectivity index is 1.64. The first kappa shape index (κ1) is 14.6. The summed E-state index contributed by atoms with van der Waals surface area (Å²) in [5, 5.41) is 0. The van der Waals surface area contributed by atoms with Crippen LogP contribution in [0, 0.1) is 12.8 Å². The van der Waals surface area contributed by atoms with E-state index in [2.05, 4.69) is 4.98 Å². The zero-order valence-corrected chi connectivity index (χ0v) is 13.1. The van der Waals surface area contributed by atoms with Crippen LogP contribution in [0.5, 0.6) is 11.5 Å². The first-order chi connectivity index (χ1) is 11.6. The van der Waals surface area contributed by atoms with E-state index in [1.165, 1.54) is 0 Å². The van der Waals surface area contributed by atoms with Gasteiger partial charge in [0.25, 0.3) is 0 Å². The standard InChI is InChI=1S/C19H15NO4/c1-11-8-14(23-19(22)13-2-3-13)10-15-17(11)18(21)16(24-15)9-12-4-6-20-7-5-12/h4-10,13H,2-3H2,1H3. The highest BCUT2D eigenvalue weighted by Gasteiger charge is 2.33. The van der Waals surface area contributed by atoms with E-state index < -0.39 is 0 Å². The molecule has 1 aromatic heterocycles. The molecule has 0 amide bonds. The number of aromatic nitrogens is 1. The van der Waals surface area contributed by atoms with Gasteiger partial charge < -0.3 is 9.47 Å². The molecule has 0 radical (unpaired) electrons. The van der Waals surface area contributed by atoms with Crippen LogP contribution in [0.4, 0.5) is 0 Å². The molecule has 0 unspecified atom stereocenters. The van der Waals surface area contributed by atoms with E-state index in [1.54, 1.807) is 42.7 Å². The largest absolute Gasteiger partial charge is 0.452 e.